The van der Waals surface area contributed by atoms with Crippen LogP contribution in [0, 0.1) is 0 Å². The van der Waals surface area contributed by atoms with Gasteiger partial charge in [-0.15, -0.1) is 0 Å². The van der Waals surface area contributed by atoms with Crippen LogP contribution in [-0.2, 0) is 0 Å². The number of benzene rings is 2. The number of fused-ring (bicyclic) bond motifs is 1. The number of ether oxygens (including phenoxy) is 1. The first-order valence-corrected chi connectivity index (χ1v) is 6.06. The number of H-pyrrole nitrogens is 1. The number of nitrogens with zero attached hydrogens (tertiary/aromatic N) is 1. The van der Waals surface area contributed by atoms with Crippen molar-refractivity contribution in [3.63, 3.8) is 0 Å². The average molecular weight is 268 g/mol. The summed E-state index contributed by atoms with van der Waals surface area (Å²) in [5.74, 6) is -0.134. The first kappa shape index (κ1) is 12.2. The van der Waals surface area contributed by atoms with E-state index in [0.29, 0.717) is 17.1 Å². The third-order valence-electron chi connectivity index (χ3n) is 3.09. The number of hydrogen-bond donors (Lipinski definition) is 2. The second kappa shape index (κ2) is 4.70. The number of aromatic amines is 1. The molecule has 20 heavy (non-hydrogen) atoms. The molecule has 0 unspecified atom stereocenters. The van der Waals surface area contributed by atoms with Crippen LogP contribution in [0.2, 0.25) is 0 Å². The van der Waals surface area contributed by atoms with Crippen LogP contribution >= 0.6 is 0 Å². The number of carboxylic acid groups (broad SMARTS) is 1. The number of imidazole rings is 1. The lowest BCUT2D eigenvalue weighted by molar-refractivity contribution is 0.0693. The second-order valence-electron chi connectivity index (χ2n) is 4.29. The van der Waals surface area contributed by atoms with Gasteiger partial charge in [0.15, 0.2) is 0 Å². The van der Waals surface area contributed by atoms with Gasteiger partial charge >= 0.3 is 5.97 Å². The lowest BCUT2D eigenvalue weighted by atomic mass is 10.1. The Balaban J connectivity index is 2.23. The summed E-state index contributed by atoms with van der Waals surface area (Å²) in [6.07, 6.45) is 0. The van der Waals surface area contributed by atoms with E-state index in [0.717, 1.165) is 11.0 Å². The van der Waals surface area contributed by atoms with E-state index in [1.807, 2.05) is 24.3 Å². The van der Waals surface area contributed by atoms with E-state index in [4.69, 9.17) is 4.74 Å². The Morgan fingerprint density at radius 1 is 1.20 bits per heavy atom. The van der Waals surface area contributed by atoms with Crippen LogP contribution in [0.4, 0.5) is 0 Å². The molecule has 1 aromatic heterocycles. The van der Waals surface area contributed by atoms with Crippen molar-refractivity contribution in [1.29, 1.82) is 0 Å². The lowest BCUT2D eigenvalue weighted by Crippen LogP contribution is -2.02. The molecule has 0 fully saturated rings. The molecule has 0 bridgehead atoms. The molecular formula is C15H12N2O3. The summed E-state index contributed by atoms with van der Waals surface area (Å²) in [5.41, 5.74) is 2.46. The topological polar surface area (TPSA) is 75.2 Å². The van der Waals surface area contributed by atoms with Crippen molar-refractivity contribution in [1.82, 2.24) is 9.97 Å². The maximum atomic E-state index is 11.2. The van der Waals surface area contributed by atoms with Gasteiger partial charge in [-0.3, -0.25) is 0 Å². The summed E-state index contributed by atoms with van der Waals surface area (Å²) >= 11 is 0. The van der Waals surface area contributed by atoms with Crippen LogP contribution in [0.25, 0.3) is 22.4 Å². The molecule has 0 aliphatic rings. The van der Waals surface area contributed by atoms with Crippen molar-refractivity contribution in [2.45, 2.75) is 0 Å². The van der Waals surface area contributed by atoms with E-state index in [2.05, 4.69) is 9.97 Å². The number of aromatic nitrogens is 2. The standard InChI is InChI=1S/C15H12N2O3/c1-20-13-9(5-4-6-10(13)15(18)19)14-16-11-7-2-3-8-12(11)17-14/h2-8H,1H3,(H,16,17)(H,18,19). The Morgan fingerprint density at radius 2 is 2.00 bits per heavy atom. The highest BCUT2D eigenvalue weighted by molar-refractivity contribution is 5.94. The fourth-order valence-corrected chi connectivity index (χ4v) is 2.19. The van der Waals surface area contributed by atoms with Gasteiger partial charge in [0.2, 0.25) is 0 Å². The van der Waals surface area contributed by atoms with Gasteiger partial charge in [0.05, 0.1) is 23.7 Å². The Labute approximate surface area is 114 Å². The van der Waals surface area contributed by atoms with Crippen molar-refractivity contribution < 1.29 is 14.6 Å². The fourth-order valence-electron chi connectivity index (χ4n) is 2.19. The van der Waals surface area contributed by atoms with E-state index in [-0.39, 0.29) is 5.56 Å². The molecule has 0 amide bonds. The molecule has 1 heterocycles. The maximum absolute atomic E-state index is 11.2. The van der Waals surface area contributed by atoms with Crippen molar-refractivity contribution in [2.75, 3.05) is 7.11 Å². The van der Waals surface area contributed by atoms with Crippen LogP contribution in [0.1, 0.15) is 10.4 Å². The Morgan fingerprint density at radius 3 is 2.70 bits per heavy atom. The molecule has 0 saturated carbocycles. The van der Waals surface area contributed by atoms with E-state index in [9.17, 15) is 9.90 Å². The monoisotopic (exact) mass is 268 g/mol. The van der Waals surface area contributed by atoms with Crippen LogP contribution in [-0.4, -0.2) is 28.2 Å². The van der Waals surface area contributed by atoms with Gasteiger partial charge < -0.3 is 14.8 Å². The van der Waals surface area contributed by atoms with E-state index >= 15 is 0 Å². The molecule has 5 heteroatoms. The highest BCUT2D eigenvalue weighted by atomic mass is 16.5. The van der Waals surface area contributed by atoms with Crippen molar-refractivity contribution in [3.8, 4) is 17.1 Å². The van der Waals surface area contributed by atoms with Gasteiger partial charge in [0.1, 0.15) is 17.1 Å². The van der Waals surface area contributed by atoms with E-state index in [1.54, 1.807) is 12.1 Å². The minimum absolute atomic E-state index is 0.116. The average Bonchev–Trinajstić information content (AvgIpc) is 2.89. The number of para-hydroxylation sites is 3. The molecule has 3 rings (SSSR count). The predicted molar refractivity (Wildman–Crippen MR) is 75.0 cm³/mol. The Kier molecular flexibility index (Phi) is 2.87. The van der Waals surface area contributed by atoms with Crippen LogP contribution < -0.4 is 4.74 Å². The minimum atomic E-state index is -1.03. The van der Waals surface area contributed by atoms with Gasteiger partial charge in [-0.25, -0.2) is 9.78 Å². The third kappa shape index (κ3) is 1.89. The molecule has 0 saturated heterocycles. The van der Waals surface area contributed by atoms with Gasteiger partial charge in [-0.1, -0.05) is 18.2 Å². The number of methoxy groups -OCH3 is 1. The summed E-state index contributed by atoms with van der Waals surface area (Å²) in [7, 11) is 1.45. The van der Waals surface area contributed by atoms with Gasteiger partial charge in [0.25, 0.3) is 0 Å². The van der Waals surface area contributed by atoms with Gasteiger partial charge in [-0.05, 0) is 24.3 Å². The normalized spacial score (nSPS) is 10.7. The smallest absolute Gasteiger partial charge is 0.339 e. The summed E-state index contributed by atoms with van der Waals surface area (Å²) < 4.78 is 5.25. The number of nitrogens with one attached hydrogen (secondary N) is 1. The summed E-state index contributed by atoms with van der Waals surface area (Å²) in [6, 6.07) is 12.6. The summed E-state index contributed by atoms with van der Waals surface area (Å²) in [4.78, 5) is 18.9. The highest BCUT2D eigenvalue weighted by Gasteiger charge is 2.17. The van der Waals surface area contributed by atoms with E-state index < -0.39 is 5.97 Å². The molecule has 0 atom stereocenters. The number of carboxylic acids is 1. The molecule has 100 valence electrons. The molecule has 0 aliphatic heterocycles. The van der Waals surface area contributed by atoms with Crippen LogP contribution in [0.3, 0.4) is 0 Å². The maximum Gasteiger partial charge on any atom is 0.339 e. The summed E-state index contributed by atoms with van der Waals surface area (Å²) in [5, 5.41) is 9.20. The number of hydrogen-bond acceptors (Lipinski definition) is 3. The van der Waals surface area contributed by atoms with Gasteiger partial charge in [-0.2, -0.15) is 0 Å². The quantitative estimate of drug-likeness (QED) is 0.765. The molecule has 5 nitrogen and oxygen atoms in total. The third-order valence-corrected chi connectivity index (χ3v) is 3.09. The summed E-state index contributed by atoms with van der Waals surface area (Å²) in [6.45, 7) is 0. The van der Waals surface area contributed by atoms with E-state index in [1.165, 1.54) is 13.2 Å². The zero-order valence-electron chi connectivity index (χ0n) is 10.8. The fraction of sp³-hybridized carbons (Fsp3) is 0.0667. The number of rotatable bonds is 3. The lowest BCUT2D eigenvalue weighted by Gasteiger charge is -2.09. The Bertz CT molecular complexity index is 760. The second-order valence-corrected chi connectivity index (χ2v) is 4.29. The molecule has 0 aliphatic carbocycles. The first-order chi connectivity index (χ1) is 9.70. The molecule has 2 N–H and O–H groups in total. The predicted octanol–water partition coefficient (Wildman–Crippen LogP) is 2.94. The van der Waals surface area contributed by atoms with Crippen LogP contribution in [0.15, 0.2) is 42.5 Å². The zero-order valence-corrected chi connectivity index (χ0v) is 10.8. The zero-order chi connectivity index (χ0) is 14.1. The first-order valence-electron chi connectivity index (χ1n) is 6.06. The van der Waals surface area contributed by atoms with Gasteiger partial charge in [0, 0.05) is 0 Å². The Hall–Kier alpha value is -2.82. The largest absolute Gasteiger partial charge is 0.495 e. The van der Waals surface area contributed by atoms with Crippen molar-refractivity contribution in [3.05, 3.63) is 48.0 Å². The molecule has 3 aromatic rings. The van der Waals surface area contributed by atoms with Crippen LogP contribution in [0.5, 0.6) is 5.75 Å². The number of aromatic carboxylic acids is 1. The van der Waals surface area contributed by atoms with Crippen molar-refractivity contribution >= 4 is 17.0 Å². The SMILES string of the molecule is COc1c(C(=O)O)cccc1-c1nc2ccccc2[nH]1. The molecule has 2 aromatic carbocycles. The molecular weight excluding hydrogens is 256 g/mol. The van der Waals surface area contributed by atoms with Crippen molar-refractivity contribution in [2.24, 2.45) is 0 Å². The molecule has 0 spiro atoms. The molecule has 0 radical (unpaired) electrons. The highest BCUT2D eigenvalue weighted by Crippen LogP contribution is 2.32. The number of carbonyl (C=O) groups is 1. The minimum Gasteiger partial charge on any atom is -0.495 e.